The summed E-state index contributed by atoms with van der Waals surface area (Å²) in [6.07, 6.45) is -1.41. The van der Waals surface area contributed by atoms with Crippen molar-refractivity contribution in [3.8, 4) is 0 Å². The number of hydrogen-bond acceptors (Lipinski definition) is 2. The minimum absolute atomic E-state index is 0.0506. The van der Waals surface area contributed by atoms with E-state index < -0.39 is 6.43 Å². The monoisotopic (exact) mass is 270 g/mol. The van der Waals surface area contributed by atoms with Crippen LogP contribution in [0.2, 0.25) is 5.02 Å². The normalized spacial score (nSPS) is 10.9. The highest BCUT2D eigenvalue weighted by Crippen LogP contribution is 2.31. The molecule has 0 saturated carbocycles. The zero-order chi connectivity index (χ0) is 10.0. The predicted molar refractivity (Wildman–Crippen MR) is 49.8 cm³/mol. The van der Waals surface area contributed by atoms with Gasteiger partial charge in [0.2, 0.25) is 0 Å². The molecule has 0 aliphatic heterocycles. The lowest BCUT2D eigenvalue weighted by Crippen LogP contribution is -2.05. The van der Waals surface area contributed by atoms with Crippen LogP contribution in [0.25, 0.3) is 0 Å². The molecular weight excluding hydrogens is 265 g/mol. The lowest BCUT2D eigenvalue weighted by atomic mass is 10.2. The van der Waals surface area contributed by atoms with Gasteiger partial charge in [0.15, 0.2) is 0 Å². The maximum absolute atomic E-state index is 12.3. The van der Waals surface area contributed by atoms with Gasteiger partial charge in [-0.1, -0.05) is 11.6 Å². The van der Waals surface area contributed by atoms with Gasteiger partial charge in [-0.2, -0.15) is 0 Å². The summed E-state index contributed by atoms with van der Waals surface area (Å²) in [6, 6.07) is 0. The van der Waals surface area contributed by atoms with Crippen LogP contribution in [0.1, 0.15) is 17.7 Å². The molecule has 2 nitrogen and oxygen atoms in total. The van der Waals surface area contributed by atoms with Gasteiger partial charge in [-0.05, 0) is 15.9 Å². The van der Waals surface area contributed by atoms with Crippen molar-refractivity contribution in [2.24, 2.45) is 5.73 Å². The Bertz CT molecular complexity index is 320. The molecule has 0 amide bonds. The zero-order valence-corrected chi connectivity index (χ0v) is 8.74. The predicted octanol–water partition coefficient (Wildman–Crippen LogP) is 2.89. The largest absolute Gasteiger partial charge is 0.326 e. The van der Waals surface area contributed by atoms with Crippen LogP contribution in [0.15, 0.2) is 10.7 Å². The van der Waals surface area contributed by atoms with E-state index in [4.69, 9.17) is 17.3 Å². The summed E-state index contributed by atoms with van der Waals surface area (Å²) in [4.78, 5) is 3.55. The Balaban J connectivity index is 3.30. The smallest absolute Gasteiger partial charge is 0.280 e. The molecule has 1 heterocycles. The number of nitrogens with two attached hydrogens (primary N) is 1. The molecule has 0 radical (unpaired) electrons. The highest BCUT2D eigenvalue weighted by Gasteiger charge is 2.17. The van der Waals surface area contributed by atoms with Crippen molar-refractivity contribution in [1.82, 2.24) is 4.98 Å². The van der Waals surface area contributed by atoms with E-state index in [-0.39, 0.29) is 22.8 Å². The molecule has 72 valence electrons. The highest BCUT2D eigenvalue weighted by atomic mass is 79.9. The second kappa shape index (κ2) is 4.30. The number of pyridine rings is 1. The fourth-order valence-electron chi connectivity index (χ4n) is 0.900. The number of nitrogens with zero attached hydrogens (tertiary/aromatic N) is 1. The van der Waals surface area contributed by atoms with E-state index in [0.717, 1.165) is 0 Å². The van der Waals surface area contributed by atoms with Crippen LogP contribution in [-0.2, 0) is 6.54 Å². The van der Waals surface area contributed by atoms with Crippen LogP contribution in [-0.4, -0.2) is 4.98 Å². The molecule has 1 rings (SSSR count). The summed E-state index contributed by atoms with van der Waals surface area (Å²) in [5, 5.41) is 0.202. The van der Waals surface area contributed by atoms with Gasteiger partial charge in [0.1, 0.15) is 5.69 Å². The summed E-state index contributed by atoms with van der Waals surface area (Å²) in [5.41, 5.74) is 5.11. The number of hydrogen-bond donors (Lipinski definition) is 1. The molecule has 0 unspecified atom stereocenters. The number of aromatic nitrogens is 1. The number of rotatable bonds is 2. The van der Waals surface area contributed by atoms with Gasteiger partial charge in [-0.15, -0.1) is 0 Å². The van der Waals surface area contributed by atoms with E-state index in [1.807, 2.05) is 0 Å². The molecule has 1 aromatic rings. The van der Waals surface area contributed by atoms with Crippen LogP contribution in [0, 0.1) is 0 Å². The standard InChI is InChI=1S/C7H6BrClF2N2/c8-4-2-13-6(7(10)11)3(1-12)5(4)9/h2,7H,1,12H2. The molecule has 0 fully saturated rings. The second-order valence-electron chi connectivity index (χ2n) is 2.29. The van der Waals surface area contributed by atoms with E-state index in [1.165, 1.54) is 6.20 Å². The fraction of sp³-hybridized carbons (Fsp3) is 0.286. The maximum atomic E-state index is 12.3. The van der Waals surface area contributed by atoms with Crippen LogP contribution in [0.5, 0.6) is 0 Å². The molecule has 13 heavy (non-hydrogen) atoms. The van der Waals surface area contributed by atoms with Crippen molar-refractivity contribution in [1.29, 1.82) is 0 Å². The summed E-state index contributed by atoms with van der Waals surface area (Å²) < 4.78 is 25.1. The van der Waals surface area contributed by atoms with Gasteiger partial charge in [-0.3, -0.25) is 4.98 Å². The van der Waals surface area contributed by atoms with E-state index in [2.05, 4.69) is 20.9 Å². The average Bonchev–Trinajstić information content (AvgIpc) is 2.09. The Morgan fingerprint density at radius 2 is 2.23 bits per heavy atom. The lowest BCUT2D eigenvalue weighted by Gasteiger charge is -2.08. The Hall–Kier alpha value is -0.260. The molecular formula is C7H6BrClF2N2. The lowest BCUT2D eigenvalue weighted by molar-refractivity contribution is 0.145. The first-order valence-electron chi connectivity index (χ1n) is 3.39. The van der Waals surface area contributed by atoms with E-state index in [1.54, 1.807) is 0 Å². The Kier molecular flexibility index (Phi) is 3.58. The molecule has 6 heteroatoms. The topological polar surface area (TPSA) is 38.9 Å². The SMILES string of the molecule is NCc1c(C(F)F)ncc(Br)c1Cl. The minimum Gasteiger partial charge on any atom is -0.326 e. The quantitative estimate of drug-likeness (QED) is 0.898. The van der Waals surface area contributed by atoms with Crippen LogP contribution >= 0.6 is 27.5 Å². The summed E-state index contributed by atoms with van der Waals surface area (Å²) in [5.74, 6) is 0. The third kappa shape index (κ3) is 2.15. The van der Waals surface area contributed by atoms with Crippen molar-refractivity contribution in [3.63, 3.8) is 0 Å². The summed E-state index contributed by atoms with van der Waals surface area (Å²) in [7, 11) is 0. The van der Waals surface area contributed by atoms with Gasteiger partial charge in [0.05, 0.1) is 9.50 Å². The van der Waals surface area contributed by atoms with Gasteiger partial charge in [0, 0.05) is 18.3 Å². The molecule has 0 spiro atoms. The fourth-order valence-corrected chi connectivity index (χ4v) is 1.46. The highest BCUT2D eigenvalue weighted by molar-refractivity contribution is 9.10. The molecule has 0 aromatic carbocycles. The van der Waals surface area contributed by atoms with Crippen molar-refractivity contribution in [2.45, 2.75) is 13.0 Å². The summed E-state index contributed by atoms with van der Waals surface area (Å²) in [6.45, 7) is -0.0506. The number of halogens is 4. The first kappa shape index (κ1) is 10.8. The maximum Gasteiger partial charge on any atom is 0.280 e. The first-order chi connectivity index (χ1) is 6.07. The van der Waals surface area contributed by atoms with E-state index in [9.17, 15) is 8.78 Å². The minimum atomic E-state index is -2.65. The van der Waals surface area contributed by atoms with Gasteiger partial charge >= 0.3 is 0 Å². The second-order valence-corrected chi connectivity index (χ2v) is 3.52. The molecule has 1 aromatic heterocycles. The van der Waals surface area contributed by atoms with Crippen molar-refractivity contribution >= 4 is 27.5 Å². The van der Waals surface area contributed by atoms with Crippen molar-refractivity contribution in [3.05, 3.63) is 26.9 Å². The Morgan fingerprint density at radius 3 is 2.69 bits per heavy atom. The average molecular weight is 271 g/mol. The van der Waals surface area contributed by atoms with Crippen LogP contribution in [0.3, 0.4) is 0 Å². The van der Waals surface area contributed by atoms with Crippen LogP contribution in [0.4, 0.5) is 8.78 Å². The molecule has 2 N–H and O–H groups in total. The van der Waals surface area contributed by atoms with Gasteiger partial charge < -0.3 is 5.73 Å². The third-order valence-corrected chi connectivity index (χ3v) is 2.77. The molecule has 0 bridgehead atoms. The summed E-state index contributed by atoms with van der Waals surface area (Å²) >= 11 is 8.82. The Morgan fingerprint density at radius 1 is 1.62 bits per heavy atom. The van der Waals surface area contributed by atoms with Crippen molar-refractivity contribution < 1.29 is 8.78 Å². The van der Waals surface area contributed by atoms with E-state index in [0.29, 0.717) is 4.47 Å². The van der Waals surface area contributed by atoms with E-state index >= 15 is 0 Å². The molecule has 0 saturated heterocycles. The van der Waals surface area contributed by atoms with Crippen LogP contribution < -0.4 is 5.73 Å². The first-order valence-corrected chi connectivity index (χ1v) is 4.56. The third-order valence-electron chi connectivity index (χ3n) is 1.51. The molecule has 0 aliphatic carbocycles. The zero-order valence-electron chi connectivity index (χ0n) is 6.40. The molecule has 0 aliphatic rings. The van der Waals surface area contributed by atoms with Gasteiger partial charge in [-0.25, -0.2) is 8.78 Å². The number of alkyl halides is 2. The van der Waals surface area contributed by atoms with Gasteiger partial charge in [0.25, 0.3) is 6.43 Å². The Labute approximate surface area is 87.2 Å². The molecule has 0 atom stereocenters. The van der Waals surface area contributed by atoms with Crippen molar-refractivity contribution in [2.75, 3.05) is 0 Å².